The first kappa shape index (κ1) is 16.7. The fourth-order valence-corrected chi connectivity index (χ4v) is 4.75. The Morgan fingerprint density at radius 3 is 2.48 bits per heavy atom. The Balaban J connectivity index is 1.45. The average molecular weight is 361 g/mol. The lowest BCUT2D eigenvalue weighted by Gasteiger charge is -2.31. The van der Waals surface area contributed by atoms with Gasteiger partial charge in [-0.2, -0.15) is 0 Å². The van der Waals surface area contributed by atoms with E-state index in [4.69, 9.17) is 0 Å². The van der Waals surface area contributed by atoms with Crippen LogP contribution < -0.4 is 5.32 Å². The minimum atomic E-state index is -0.296. The van der Waals surface area contributed by atoms with Crippen molar-refractivity contribution < 1.29 is 14.4 Å². The summed E-state index contributed by atoms with van der Waals surface area (Å²) in [5.74, 6) is -0.129. The molecule has 2 amide bonds. The number of carbonyl (C=O) groups is 3. The molecule has 1 aromatic heterocycles. The van der Waals surface area contributed by atoms with Crippen molar-refractivity contribution in [1.29, 1.82) is 0 Å². The zero-order valence-corrected chi connectivity index (χ0v) is 15.1. The number of nitrogens with one attached hydrogen (secondary N) is 1. The van der Waals surface area contributed by atoms with Crippen LogP contribution in [0.25, 0.3) is 0 Å². The predicted molar refractivity (Wildman–Crippen MR) is 94.7 cm³/mol. The molecule has 1 N–H and O–H groups in total. The van der Waals surface area contributed by atoms with Crippen LogP contribution >= 0.6 is 11.3 Å². The van der Waals surface area contributed by atoms with Gasteiger partial charge in [-0.3, -0.25) is 14.4 Å². The first-order chi connectivity index (χ1) is 12.1. The smallest absolute Gasteiger partial charge is 0.229 e. The number of ketones is 1. The Morgan fingerprint density at radius 1 is 1.04 bits per heavy atom. The van der Waals surface area contributed by atoms with Crippen molar-refractivity contribution in [1.82, 2.24) is 9.88 Å². The van der Waals surface area contributed by atoms with Gasteiger partial charge in [0.15, 0.2) is 10.9 Å². The van der Waals surface area contributed by atoms with Crippen molar-refractivity contribution >= 4 is 34.1 Å². The van der Waals surface area contributed by atoms with Gasteiger partial charge in [-0.15, -0.1) is 0 Å². The van der Waals surface area contributed by atoms with Crippen LogP contribution in [0.1, 0.15) is 60.3 Å². The number of likely N-dealkylation sites (tertiary alicyclic amines) is 1. The van der Waals surface area contributed by atoms with Crippen molar-refractivity contribution in [2.75, 3.05) is 18.4 Å². The second kappa shape index (κ2) is 6.86. The molecule has 1 saturated carbocycles. The summed E-state index contributed by atoms with van der Waals surface area (Å²) in [4.78, 5) is 44.2. The average Bonchev–Trinajstić information content (AvgIpc) is 2.96. The van der Waals surface area contributed by atoms with Crippen LogP contribution in [0.15, 0.2) is 0 Å². The third-order valence-corrected chi connectivity index (χ3v) is 6.60. The minimum Gasteiger partial charge on any atom is -0.342 e. The van der Waals surface area contributed by atoms with Gasteiger partial charge in [0.2, 0.25) is 11.8 Å². The zero-order valence-electron chi connectivity index (χ0n) is 14.3. The molecule has 2 fully saturated rings. The molecule has 3 aliphatic rings. The summed E-state index contributed by atoms with van der Waals surface area (Å²) >= 11 is 1.26. The van der Waals surface area contributed by atoms with Crippen molar-refractivity contribution in [2.24, 2.45) is 11.8 Å². The molecule has 4 rings (SSSR count). The number of aromatic nitrogens is 1. The minimum absolute atomic E-state index is 0.00531. The number of nitrogens with zero attached hydrogens (tertiary/aromatic N) is 2. The molecule has 1 atom stereocenters. The van der Waals surface area contributed by atoms with Crippen molar-refractivity contribution in [3.63, 3.8) is 0 Å². The van der Waals surface area contributed by atoms with Crippen LogP contribution in [0.3, 0.4) is 0 Å². The maximum absolute atomic E-state index is 12.7. The number of fused-ring (bicyclic) bond motifs is 1. The summed E-state index contributed by atoms with van der Waals surface area (Å²) in [6, 6.07) is 0. The second-order valence-corrected chi connectivity index (χ2v) is 8.33. The van der Waals surface area contributed by atoms with E-state index in [0.717, 1.165) is 45.2 Å². The number of Topliss-reactive ketones (excluding diaryl/α,β-unsaturated/α-hetero) is 1. The number of anilines is 1. The Morgan fingerprint density at radius 2 is 1.80 bits per heavy atom. The normalized spacial score (nSPS) is 23.8. The lowest BCUT2D eigenvalue weighted by Crippen LogP contribution is -2.42. The standard InChI is InChI=1S/C18H23N3O3S/c22-14-10-12(17(24)21-7-2-1-3-8-21)9-13-15(14)25-18(19-13)20-16(23)11-5-4-6-11/h11-12H,1-10H2,(H,19,20,23)/t12-/m0/s1. The van der Waals surface area contributed by atoms with Crippen molar-refractivity contribution in [3.8, 4) is 0 Å². The Bertz CT molecular complexity index is 704. The second-order valence-electron chi connectivity index (χ2n) is 7.33. The fourth-order valence-electron chi connectivity index (χ4n) is 3.81. The van der Waals surface area contributed by atoms with Gasteiger partial charge in [0.05, 0.1) is 16.5 Å². The molecule has 2 heterocycles. The van der Waals surface area contributed by atoms with Gasteiger partial charge in [0.1, 0.15) is 0 Å². The quantitative estimate of drug-likeness (QED) is 0.897. The van der Waals surface area contributed by atoms with E-state index in [9.17, 15) is 14.4 Å². The third kappa shape index (κ3) is 3.34. The zero-order chi connectivity index (χ0) is 17.4. The van der Waals surface area contributed by atoms with Crippen LogP contribution in [0.4, 0.5) is 5.13 Å². The van der Waals surface area contributed by atoms with Crippen molar-refractivity contribution in [3.05, 3.63) is 10.6 Å². The van der Waals surface area contributed by atoms with Gasteiger partial charge in [-0.1, -0.05) is 17.8 Å². The third-order valence-electron chi connectivity index (χ3n) is 5.55. The lowest BCUT2D eigenvalue weighted by molar-refractivity contribution is -0.136. The Kier molecular flexibility index (Phi) is 4.58. The molecule has 0 unspecified atom stereocenters. The number of carbonyl (C=O) groups excluding carboxylic acids is 3. The Labute approximate surface area is 151 Å². The van der Waals surface area contributed by atoms with E-state index in [-0.39, 0.29) is 35.9 Å². The SMILES string of the molecule is O=C1C[C@@H](C(=O)N2CCCCC2)Cc2nc(NC(=O)C3CCC3)sc21. The molecular formula is C18H23N3O3S. The predicted octanol–water partition coefficient (Wildman–Crippen LogP) is 2.64. The monoisotopic (exact) mass is 361 g/mol. The van der Waals surface area contributed by atoms with E-state index >= 15 is 0 Å². The number of hydrogen-bond donors (Lipinski definition) is 1. The molecule has 7 heteroatoms. The van der Waals surface area contributed by atoms with E-state index < -0.39 is 0 Å². The van der Waals surface area contributed by atoms with E-state index in [0.29, 0.717) is 22.1 Å². The summed E-state index contributed by atoms with van der Waals surface area (Å²) in [5, 5.41) is 3.35. The number of piperidine rings is 1. The summed E-state index contributed by atoms with van der Waals surface area (Å²) in [6.07, 6.45) is 7.01. The molecular weight excluding hydrogens is 338 g/mol. The molecule has 1 saturated heterocycles. The fraction of sp³-hybridized carbons (Fsp3) is 0.667. The van der Waals surface area contributed by atoms with Crippen LogP contribution in [0.2, 0.25) is 0 Å². The van der Waals surface area contributed by atoms with E-state index in [1.165, 1.54) is 17.8 Å². The van der Waals surface area contributed by atoms with Crippen LogP contribution in [-0.2, 0) is 16.0 Å². The number of thiazole rings is 1. The molecule has 1 aromatic rings. The molecule has 25 heavy (non-hydrogen) atoms. The molecule has 0 bridgehead atoms. The van der Waals surface area contributed by atoms with E-state index in [1.54, 1.807) is 0 Å². The van der Waals surface area contributed by atoms with E-state index in [2.05, 4.69) is 10.3 Å². The highest BCUT2D eigenvalue weighted by Gasteiger charge is 2.36. The maximum atomic E-state index is 12.7. The number of hydrogen-bond acceptors (Lipinski definition) is 5. The van der Waals surface area contributed by atoms with E-state index in [1.807, 2.05) is 4.90 Å². The number of rotatable bonds is 3. The summed E-state index contributed by atoms with van der Waals surface area (Å²) in [6.45, 7) is 1.60. The van der Waals surface area contributed by atoms with Crippen LogP contribution in [0, 0.1) is 11.8 Å². The molecule has 0 radical (unpaired) electrons. The largest absolute Gasteiger partial charge is 0.342 e. The maximum Gasteiger partial charge on any atom is 0.229 e. The first-order valence-corrected chi connectivity index (χ1v) is 10.1. The van der Waals surface area contributed by atoms with Crippen molar-refractivity contribution in [2.45, 2.75) is 51.4 Å². The molecule has 1 aliphatic heterocycles. The molecule has 2 aliphatic carbocycles. The van der Waals surface area contributed by atoms with Gasteiger partial charge in [-0.25, -0.2) is 4.98 Å². The molecule has 0 aromatic carbocycles. The highest BCUT2D eigenvalue weighted by atomic mass is 32.1. The highest BCUT2D eigenvalue weighted by Crippen LogP contribution is 2.34. The summed E-state index contributed by atoms with van der Waals surface area (Å²) in [7, 11) is 0. The summed E-state index contributed by atoms with van der Waals surface area (Å²) < 4.78 is 0. The Hall–Kier alpha value is -1.76. The van der Waals surface area contributed by atoms with Gasteiger partial charge < -0.3 is 10.2 Å². The lowest BCUT2D eigenvalue weighted by atomic mass is 9.85. The highest BCUT2D eigenvalue weighted by molar-refractivity contribution is 7.17. The first-order valence-electron chi connectivity index (χ1n) is 9.24. The summed E-state index contributed by atoms with van der Waals surface area (Å²) in [5.41, 5.74) is 0.681. The van der Waals surface area contributed by atoms with Crippen LogP contribution in [-0.4, -0.2) is 40.6 Å². The van der Waals surface area contributed by atoms with Gasteiger partial charge in [-0.05, 0) is 32.1 Å². The molecule has 6 nitrogen and oxygen atoms in total. The molecule has 134 valence electrons. The van der Waals surface area contributed by atoms with Crippen LogP contribution in [0.5, 0.6) is 0 Å². The van der Waals surface area contributed by atoms with Gasteiger partial charge in [0, 0.05) is 31.8 Å². The topological polar surface area (TPSA) is 79.4 Å². The molecule has 0 spiro atoms. The van der Waals surface area contributed by atoms with Gasteiger partial charge >= 0.3 is 0 Å². The number of amides is 2. The van der Waals surface area contributed by atoms with Gasteiger partial charge in [0.25, 0.3) is 0 Å².